The monoisotopic (exact) mass is 558 g/mol. The zero-order valence-electron chi connectivity index (χ0n) is 21.5. The van der Waals surface area contributed by atoms with E-state index in [-0.39, 0.29) is 35.4 Å². The van der Waals surface area contributed by atoms with E-state index in [4.69, 9.17) is 33.8 Å². The maximum Gasteiger partial charge on any atom is 0.379 e. The summed E-state index contributed by atoms with van der Waals surface area (Å²) in [4.78, 5) is 26.4. The summed E-state index contributed by atoms with van der Waals surface area (Å²) in [6.45, 7) is 0.246. The standard InChI is InChI=1S/C24H26N6O8S/c1-33-11-13(12-34-2)37-20-14(19-15(35-3)6-5-7-16(19)36-4)10-17(38-22(20)32)21(31)27-23-28-29-24(39-23)30-18(25)8-9-26-30/h5-10,13H,11-12,25H2,1-4H3,(H,27,28,31). The number of carbonyl (C=O) groups excluding carboxylic acids is 1. The van der Waals surface area contributed by atoms with Crippen LogP contribution in [0.15, 0.2) is 45.7 Å². The van der Waals surface area contributed by atoms with Crippen LogP contribution in [0.25, 0.3) is 16.3 Å². The van der Waals surface area contributed by atoms with Gasteiger partial charge in [0, 0.05) is 25.8 Å². The molecule has 0 saturated heterocycles. The fourth-order valence-electron chi connectivity index (χ4n) is 3.65. The molecule has 0 aliphatic heterocycles. The zero-order valence-corrected chi connectivity index (χ0v) is 22.3. The molecule has 3 heterocycles. The number of anilines is 2. The zero-order chi connectivity index (χ0) is 27.9. The minimum Gasteiger partial charge on any atom is -0.496 e. The molecule has 1 aromatic carbocycles. The lowest BCUT2D eigenvalue weighted by atomic mass is 10.0. The fraction of sp³-hybridized carbons (Fsp3) is 0.292. The van der Waals surface area contributed by atoms with Crippen molar-refractivity contribution in [1.82, 2.24) is 20.0 Å². The number of benzene rings is 1. The third-order valence-corrected chi connectivity index (χ3v) is 6.12. The molecule has 3 N–H and O–H groups in total. The van der Waals surface area contributed by atoms with E-state index in [9.17, 15) is 9.59 Å². The Morgan fingerprint density at radius 3 is 2.38 bits per heavy atom. The molecule has 0 atom stereocenters. The van der Waals surface area contributed by atoms with E-state index in [1.807, 2.05) is 0 Å². The summed E-state index contributed by atoms with van der Waals surface area (Å²) in [5.74, 6) is -0.161. The highest BCUT2D eigenvalue weighted by Gasteiger charge is 2.26. The maximum absolute atomic E-state index is 13.2. The van der Waals surface area contributed by atoms with Crippen LogP contribution in [0.2, 0.25) is 0 Å². The molecule has 0 aliphatic rings. The summed E-state index contributed by atoms with van der Waals surface area (Å²) in [6.07, 6.45) is 0.849. The molecule has 0 spiro atoms. The lowest BCUT2D eigenvalue weighted by Gasteiger charge is -2.20. The number of nitrogens with one attached hydrogen (secondary N) is 1. The molecule has 14 nitrogen and oxygen atoms in total. The first-order valence-corrected chi connectivity index (χ1v) is 12.2. The highest BCUT2D eigenvalue weighted by atomic mass is 32.1. The van der Waals surface area contributed by atoms with Crippen LogP contribution in [0, 0.1) is 0 Å². The third kappa shape index (κ3) is 6.00. The predicted molar refractivity (Wildman–Crippen MR) is 141 cm³/mol. The van der Waals surface area contributed by atoms with Crippen LogP contribution >= 0.6 is 11.3 Å². The molecule has 0 aliphatic carbocycles. The summed E-state index contributed by atoms with van der Waals surface area (Å²) in [5.41, 5.74) is 5.51. The van der Waals surface area contributed by atoms with E-state index in [1.165, 1.54) is 45.4 Å². The molecule has 39 heavy (non-hydrogen) atoms. The number of ether oxygens (including phenoxy) is 5. The van der Waals surface area contributed by atoms with Crippen molar-refractivity contribution in [3.8, 4) is 33.5 Å². The number of methoxy groups -OCH3 is 4. The normalized spacial score (nSPS) is 11.0. The second kappa shape index (κ2) is 12.4. The van der Waals surface area contributed by atoms with Gasteiger partial charge in [0.15, 0.2) is 5.76 Å². The first-order chi connectivity index (χ1) is 18.9. The van der Waals surface area contributed by atoms with Crippen LogP contribution in [0.4, 0.5) is 10.9 Å². The van der Waals surface area contributed by atoms with Crippen molar-refractivity contribution < 1.29 is 32.9 Å². The fourth-order valence-corrected chi connectivity index (χ4v) is 4.37. The summed E-state index contributed by atoms with van der Waals surface area (Å²) < 4.78 is 34.2. The minimum absolute atomic E-state index is 0.123. The SMILES string of the molecule is COCC(COC)Oc1c(-c2c(OC)cccc2OC)cc(C(=O)Nc2nnc(-n3nccc3N)s2)oc1=O. The summed E-state index contributed by atoms with van der Waals surface area (Å²) in [6, 6.07) is 8.04. The second-order valence-electron chi connectivity index (χ2n) is 7.84. The summed E-state index contributed by atoms with van der Waals surface area (Å²) >= 11 is 1.02. The van der Waals surface area contributed by atoms with Crippen LogP contribution in [0.1, 0.15) is 10.6 Å². The number of aromatic nitrogens is 4. The number of nitrogen functional groups attached to an aromatic ring is 1. The average Bonchev–Trinajstić information content (AvgIpc) is 3.57. The first-order valence-electron chi connectivity index (χ1n) is 11.4. The Kier molecular flexibility index (Phi) is 8.75. The molecule has 0 bridgehead atoms. The van der Waals surface area contributed by atoms with Gasteiger partial charge in [0.2, 0.25) is 16.0 Å². The van der Waals surface area contributed by atoms with Crippen molar-refractivity contribution in [3.63, 3.8) is 0 Å². The molecule has 3 aromatic heterocycles. The highest BCUT2D eigenvalue weighted by Crippen LogP contribution is 2.42. The molecule has 206 valence electrons. The van der Waals surface area contributed by atoms with Crippen molar-refractivity contribution >= 4 is 28.2 Å². The van der Waals surface area contributed by atoms with Crippen LogP contribution in [0.3, 0.4) is 0 Å². The molecular formula is C24H26N6O8S. The van der Waals surface area contributed by atoms with Crippen molar-refractivity contribution in [2.75, 3.05) is 52.7 Å². The Hall–Kier alpha value is -4.47. The number of rotatable bonds is 12. The Balaban J connectivity index is 1.77. The lowest BCUT2D eigenvalue weighted by Crippen LogP contribution is -2.30. The molecule has 0 unspecified atom stereocenters. The summed E-state index contributed by atoms with van der Waals surface area (Å²) in [5, 5.41) is 15.0. The highest BCUT2D eigenvalue weighted by molar-refractivity contribution is 7.17. The topological polar surface area (TPSA) is 175 Å². The van der Waals surface area contributed by atoms with Crippen LogP contribution < -0.4 is 30.9 Å². The molecule has 0 radical (unpaired) electrons. The maximum atomic E-state index is 13.2. The smallest absolute Gasteiger partial charge is 0.379 e. The van der Waals surface area contributed by atoms with E-state index in [0.29, 0.717) is 28.0 Å². The number of nitrogens with zero attached hydrogens (tertiary/aromatic N) is 4. The second-order valence-corrected chi connectivity index (χ2v) is 8.80. The average molecular weight is 559 g/mol. The van der Waals surface area contributed by atoms with Crippen molar-refractivity contribution in [2.45, 2.75) is 6.10 Å². The number of amides is 1. The van der Waals surface area contributed by atoms with Gasteiger partial charge in [-0.25, -0.2) is 4.79 Å². The van der Waals surface area contributed by atoms with Gasteiger partial charge in [-0.15, -0.1) is 10.2 Å². The lowest BCUT2D eigenvalue weighted by molar-refractivity contribution is 0.0228. The number of hydrogen-bond acceptors (Lipinski definition) is 13. The molecule has 4 aromatic rings. The number of hydrogen-bond donors (Lipinski definition) is 2. The van der Waals surface area contributed by atoms with Gasteiger partial charge in [-0.2, -0.15) is 9.78 Å². The van der Waals surface area contributed by atoms with E-state index in [0.717, 1.165) is 11.3 Å². The molecule has 0 saturated carbocycles. The van der Waals surface area contributed by atoms with Gasteiger partial charge < -0.3 is 33.8 Å². The van der Waals surface area contributed by atoms with Crippen molar-refractivity contribution in [1.29, 1.82) is 0 Å². The van der Waals surface area contributed by atoms with Crippen LogP contribution in [0.5, 0.6) is 17.2 Å². The molecule has 1 amide bonds. The van der Waals surface area contributed by atoms with Gasteiger partial charge in [-0.3, -0.25) is 10.1 Å². The van der Waals surface area contributed by atoms with Gasteiger partial charge in [0.1, 0.15) is 23.4 Å². The van der Waals surface area contributed by atoms with Crippen molar-refractivity contribution in [3.05, 3.63) is 52.7 Å². The van der Waals surface area contributed by atoms with Gasteiger partial charge in [0.25, 0.3) is 5.91 Å². The molecular weight excluding hydrogens is 532 g/mol. The minimum atomic E-state index is -0.912. The van der Waals surface area contributed by atoms with Crippen molar-refractivity contribution in [2.24, 2.45) is 0 Å². The van der Waals surface area contributed by atoms with E-state index >= 15 is 0 Å². The number of nitrogens with two attached hydrogens (primary N) is 1. The van der Waals surface area contributed by atoms with Crippen LogP contribution in [-0.4, -0.2) is 73.6 Å². The van der Waals surface area contributed by atoms with E-state index < -0.39 is 17.6 Å². The third-order valence-electron chi connectivity index (χ3n) is 5.31. The van der Waals surface area contributed by atoms with Gasteiger partial charge in [0.05, 0.1) is 39.2 Å². The van der Waals surface area contributed by atoms with Gasteiger partial charge in [-0.05, 0) is 18.2 Å². The Labute approximate surface area is 226 Å². The van der Waals surface area contributed by atoms with E-state index in [1.54, 1.807) is 24.3 Å². The molecule has 0 fully saturated rings. The van der Waals surface area contributed by atoms with Gasteiger partial charge in [-0.1, -0.05) is 17.4 Å². The molecule has 15 heteroatoms. The summed E-state index contributed by atoms with van der Waals surface area (Å²) in [7, 11) is 5.92. The van der Waals surface area contributed by atoms with E-state index in [2.05, 4.69) is 20.6 Å². The van der Waals surface area contributed by atoms with Gasteiger partial charge >= 0.3 is 5.63 Å². The predicted octanol–water partition coefficient (Wildman–Crippen LogP) is 2.24. The Bertz CT molecular complexity index is 1470. The largest absolute Gasteiger partial charge is 0.496 e. The molecule has 4 rings (SSSR count). The Morgan fingerprint density at radius 1 is 1.10 bits per heavy atom. The van der Waals surface area contributed by atoms with Crippen LogP contribution in [-0.2, 0) is 9.47 Å². The number of carbonyl (C=O) groups is 1. The quantitative estimate of drug-likeness (QED) is 0.260. The first kappa shape index (κ1) is 27.6. The Morgan fingerprint density at radius 2 is 1.79 bits per heavy atom.